The average molecular weight is 319 g/mol. The number of H-pyrrole nitrogens is 1. The highest BCUT2D eigenvalue weighted by Crippen LogP contribution is 2.30. The lowest BCUT2D eigenvalue weighted by molar-refractivity contribution is -0.133. The number of imidazole rings is 1. The lowest BCUT2D eigenvalue weighted by atomic mass is 10.0. The van der Waals surface area contributed by atoms with E-state index >= 15 is 0 Å². The molecule has 1 aromatic carbocycles. The summed E-state index contributed by atoms with van der Waals surface area (Å²) in [5.41, 5.74) is 0.219. The van der Waals surface area contributed by atoms with Crippen molar-refractivity contribution < 1.29 is 14.3 Å². The molecule has 0 radical (unpaired) electrons. The standard InChI is InChI=1S/C17H22FN3O2/c1-21(11-17(23)9-2-3-10-17)15(22)8-7-14-19-13-6-4-5-12(18)16(13)20-14/h4-6,23H,2-3,7-11H2,1H3,(H,19,20). The second kappa shape index (κ2) is 6.28. The number of benzene rings is 1. The Labute approximate surface area is 134 Å². The Morgan fingerprint density at radius 1 is 1.43 bits per heavy atom. The van der Waals surface area contributed by atoms with Gasteiger partial charge in [0.05, 0.1) is 11.1 Å². The molecule has 1 heterocycles. The van der Waals surface area contributed by atoms with E-state index < -0.39 is 5.60 Å². The van der Waals surface area contributed by atoms with Crippen LogP contribution in [0.15, 0.2) is 18.2 Å². The van der Waals surface area contributed by atoms with Crippen LogP contribution in [0.5, 0.6) is 0 Å². The number of nitrogens with one attached hydrogen (secondary N) is 1. The third kappa shape index (κ3) is 3.52. The smallest absolute Gasteiger partial charge is 0.222 e. The molecule has 2 N–H and O–H groups in total. The SMILES string of the molecule is CN(CC1(O)CCCC1)C(=O)CCc1nc2c(F)cccc2[nH]1. The number of aromatic amines is 1. The van der Waals surface area contributed by atoms with Crippen molar-refractivity contribution in [2.45, 2.75) is 44.1 Å². The van der Waals surface area contributed by atoms with Gasteiger partial charge in [-0.1, -0.05) is 18.9 Å². The number of carbonyl (C=O) groups is 1. The van der Waals surface area contributed by atoms with E-state index in [9.17, 15) is 14.3 Å². The highest BCUT2D eigenvalue weighted by atomic mass is 19.1. The van der Waals surface area contributed by atoms with Crippen LogP contribution in [0.3, 0.4) is 0 Å². The summed E-state index contributed by atoms with van der Waals surface area (Å²) in [5.74, 6) is 0.203. The van der Waals surface area contributed by atoms with Gasteiger partial charge in [0.15, 0.2) is 5.82 Å². The van der Waals surface area contributed by atoms with Crippen molar-refractivity contribution in [1.29, 1.82) is 0 Å². The van der Waals surface area contributed by atoms with Gasteiger partial charge in [-0.25, -0.2) is 9.37 Å². The van der Waals surface area contributed by atoms with E-state index in [1.165, 1.54) is 6.07 Å². The number of aliphatic hydroxyl groups is 1. The molecule has 3 rings (SSSR count). The number of aromatic nitrogens is 2. The number of nitrogens with zero attached hydrogens (tertiary/aromatic N) is 2. The molecule has 1 saturated carbocycles. The summed E-state index contributed by atoms with van der Waals surface area (Å²) in [4.78, 5) is 21.1. The molecule has 6 heteroatoms. The Bertz CT molecular complexity index is 707. The number of para-hydroxylation sites is 1. The van der Waals surface area contributed by atoms with E-state index in [0.717, 1.165) is 25.7 Å². The minimum absolute atomic E-state index is 0.0359. The van der Waals surface area contributed by atoms with E-state index in [4.69, 9.17) is 0 Å². The van der Waals surface area contributed by atoms with Crippen molar-refractivity contribution in [3.63, 3.8) is 0 Å². The predicted octanol–water partition coefficient (Wildman–Crippen LogP) is 2.40. The maximum Gasteiger partial charge on any atom is 0.222 e. The molecule has 0 saturated heterocycles. The Morgan fingerprint density at radius 2 is 2.17 bits per heavy atom. The van der Waals surface area contributed by atoms with Crippen LogP contribution in [0, 0.1) is 5.82 Å². The molecule has 1 aliphatic carbocycles. The first kappa shape index (κ1) is 15.9. The van der Waals surface area contributed by atoms with Crippen molar-refractivity contribution in [3.05, 3.63) is 29.8 Å². The van der Waals surface area contributed by atoms with Gasteiger partial charge in [-0.3, -0.25) is 4.79 Å². The average Bonchev–Trinajstić information content (AvgIpc) is 3.12. The number of hydrogen-bond donors (Lipinski definition) is 2. The summed E-state index contributed by atoms with van der Waals surface area (Å²) in [6, 6.07) is 4.76. The molecule has 1 amide bonds. The molecular formula is C17H22FN3O2. The van der Waals surface area contributed by atoms with E-state index in [1.807, 2.05) is 0 Å². The van der Waals surface area contributed by atoms with Crippen molar-refractivity contribution in [1.82, 2.24) is 14.9 Å². The topological polar surface area (TPSA) is 69.2 Å². The van der Waals surface area contributed by atoms with Crippen LogP contribution in [-0.2, 0) is 11.2 Å². The fourth-order valence-electron chi connectivity index (χ4n) is 3.30. The minimum Gasteiger partial charge on any atom is -0.388 e. The molecule has 23 heavy (non-hydrogen) atoms. The first-order chi connectivity index (χ1) is 11.0. The van der Waals surface area contributed by atoms with Crippen molar-refractivity contribution in [2.75, 3.05) is 13.6 Å². The Kier molecular flexibility index (Phi) is 4.35. The summed E-state index contributed by atoms with van der Waals surface area (Å²) >= 11 is 0. The van der Waals surface area contributed by atoms with Gasteiger partial charge in [-0.05, 0) is 25.0 Å². The molecule has 0 spiro atoms. The number of halogens is 1. The lowest BCUT2D eigenvalue weighted by Gasteiger charge is -2.28. The molecule has 0 atom stereocenters. The van der Waals surface area contributed by atoms with Crippen LogP contribution < -0.4 is 0 Å². The molecule has 1 aliphatic rings. The van der Waals surface area contributed by atoms with Gasteiger partial charge in [0.1, 0.15) is 11.3 Å². The number of rotatable bonds is 5. The molecule has 0 aliphatic heterocycles. The number of amides is 1. The largest absolute Gasteiger partial charge is 0.388 e. The van der Waals surface area contributed by atoms with Crippen LogP contribution in [0.25, 0.3) is 11.0 Å². The molecule has 2 aromatic rings. The first-order valence-corrected chi connectivity index (χ1v) is 8.06. The second-order valence-electron chi connectivity index (χ2n) is 6.50. The van der Waals surface area contributed by atoms with Gasteiger partial charge in [-0.15, -0.1) is 0 Å². The van der Waals surface area contributed by atoms with E-state index in [1.54, 1.807) is 24.1 Å². The van der Waals surface area contributed by atoms with Crippen molar-refractivity contribution in [3.8, 4) is 0 Å². The fraction of sp³-hybridized carbons (Fsp3) is 0.529. The summed E-state index contributed by atoms with van der Waals surface area (Å²) < 4.78 is 13.6. The Hall–Kier alpha value is -1.95. The van der Waals surface area contributed by atoms with Crippen LogP contribution in [0.1, 0.15) is 37.9 Å². The van der Waals surface area contributed by atoms with Crippen LogP contribution >= 0.6 is 0 Å². The minimum atomic E-state index is -0.729. The van der Waals surface area contributed by atoms with Crippen molar-refractivity contribution in [2.24, 2.45) is 0 Å². The Balaban J connectivity index is 1.58. The van der Waals surface area contributed by atoms with Gasteiger partial charge in [0, 0.05) is 26.4 Å². The van der Waals surface area contributed by atoms with Crippen LogP contribution in [-0.4, -0.2) is 45.1 Å². The molecule has 5 nitrogen and oxygen atoms in total. The molecule has 124 valence electrons. The maximum atomic E-state index is 13.6. The zero-order chi connectivity index (χ0) is 16.4. The summed E-state index contributed by atoms with van der Waals surface area (Å²) in [6.07, 6.45) is 4.26. The predicted molar refractivity (Wildman–Crippen MR) is 85.4 cm³/mol. The molecule has 0 bridgehead atoms. The van der Waals surface area contributed by atoms with Crippen molar-refractivity contribution >= 4 is 16.9 Å². The zero-order valence-corrected chi connectivity index (χ0v) is 13.3. The quantitative estimate of drug-likeness (QED) is 0.889. The van der Waals surface area contributed by atoms with E-state index in [2.05, 4.69) is 9.97 Å². The first-order valence-electron chi connectivity index (χ1n) is 8.06. The molecule has 1 fully saturated rings. The normalized spacial score (nSPS) is 16.8. The summed E-state index contributed by atoms with van der Waals surface area (Å²) in [6.45, 7) is 0.376. The summed E-state index contributed by atoms with van der Waals surface area (Å²) in [5, 5.41) is 10.4. The Morgan fingerprint density at radius 3 is 2.87 bits per heavy atom. The highest BCUT2D eigenvalue weighted by Gasteiger charge is 2.33. The third-order valence-corrected chi connectivity index (χ3v) is 4.58. The van der Waals surface area contributed by atoms with Gasteiger partial charge in [0.25, 0.3) is 0 Å². The monoisotopic (exact) mass is 319 g/mol. The van der Waals surface area contributed by atoms with Gasteiger partial charge in [-0.2, -0.15) is 0 Å². The zero-order valence-electron chi connectivity index (χ0n) is 13.3. The number of likely N-dealkylation sites (N-methyl/N-ethyl adjacent to an activating group) is 1. The third-order valence-electron chi connectivity index (χ3n) is 4.58. The number of hydrogen-bond acceptors (Lipinski definition) is 3. The van der Waals surface area contributed by atoms with E-state index in [-0.39, 0.29) is 18.1 Å². The molecular weight excluding hydrogens is 297 g/mol. The van der Waals surface area contributed by atoms with Crippen LogP contribution in [0.4, 0.5) is 4.39 Å². The number of fused-ring (bicyclic) bond motifs is 1. The van der Waals surface area contributed by atoms with Gasteiger partial charge in [0.2, 0.25) is 5.91 Å². The van der Waals surface area contributed by atoms with E-state index in [0.29, 0.717) is 29.8 Å². The molecule has 1 aromatic heterocycles. The second-order valence-corrected chi connectivity index (χ2v) is 6.50. The van der Waals surface area contributed by atoms with Crippen LogP contribution in [0.2, 0.25) is 0 Å². The molecule has 0 unspecified atom stereocenters. The number of carbonyl (C=O) groups excluding carboxylic acids is 1. The highest BCUT2D eigenvalue weighted by molar-refractivity contribution is 5.77. The maximum absolute atomic E-state index is 13.6. The fourth-order valence-corrected chi connectivity index (χ4v) is 3.30. The summed E-state index contributed by atoms with van der Waals surface area (Å²) in [7, 11) is 1.72. The lowest BCUT2D eigenvalue weighted by Crippen LogP contribution is -2.42. The van der Waals surface area contributed by atoms with Gasteiger partial charge < -0.3 is 15.0 Å². The number of aryl methyl sites for hydroxylation is 1. The van der Waals surface area contributed by atoms with Gasteiger partial charge >= 0.3 is 0 Å².